The van der Waals surface area contributed by atoms with Crippen molar-refractivity contribution in [2.24, 2.45) is 0 Å². The maximum atomic E-state index is 14.8. The Morgan fingerprint density at radius 3 is 2.55 bits per heavy atom. The third-order valence-corrected chi connectivity index (χ3v) is 5.64. The zero-order valence-electron chi connectivity index (χ0n) is 19.5. The molecule has 0 aliphatic heterocycles. The molecule has 1 atom stereocenters. The van der Waals surface area contributed by atoms with Crippen LogP contribution in [0.5, 0.6) is 0 Å². The van der Waals surface area contributed by atoms with Crippen molar-refractivity contribution in [2.45, 2.75) is 58.5 Å². The highest BCUT2D eigenvalue weighted by molar-refractivity contribution is 5.71. The minimum Gasteiger partial charge on any atom is -0.379 e. The van der Waals surface area contributed by atoms with Crippen LogP contribution in [0, 0.1) is 5.82 Å². The number of hydrogen-bond acceptors (Lipinski definition) is 3. The lowest BCUT2D eigenvalue weighted by Crippen LogP contribution is -2.08. The van der Waals surface area contributed by atoms with Gasteiger partial charge in [0.25, 0.3) is 0 Å². The number of allylic oxidation sites excluding steroid dienone is 1. The maximum Gasteiger partial charge on any atom is 0.344 e. The average Bonchev–Trinajstić information content (AvgIpc) is 2.82. The molecule has 1 N–H and O–H groups in total. The standard InChI is InChI=1S/C28H33FN2O2/c1-3-4-8-17-33-21(2)9-6-5-7-10-22-11-16-26(27(29)18-22)24-14-12-23(13-15-24)25-19-30-28(32)31-20-25/h7,10-16,18-21H,3-6,8-9,17H2,1-2H3,(H,30,31,32)/b10-7+. The molecule has 3 aromatic rings. The van der Waals surface area contributed by atoms with Crippen molar-refractivity contribution >= 4 is 6.08 Å². The van der Waals surface area contributed by atoms with Gasteiger partial charge >= 0.3 is 5.69 Å². The van der Waals surface area contributed by atoms with Crippen molar-refractivity contribution in [3.63, 3.8) is 0 Å². The van der Waals surface area contributed by atoms with E-state index in [-0.39, 0.29) is 11.5 Å². The first kappa shape index (κ1) is 24.6. The summed E-state index contributed by atoms with van der Waals surface area (Å²) >= 11 is 0. The van der Waals surface area contributed by atoms with Crippen LogP contribution in [0.3, 0.4) is 0 Å². The van der Waals surface area contributed by atoms with Gasteiger partial charge in [-0.15, -0.1) is 0 Å². The summed E-state index contributed by atoms with van der Waals surface area (Å²) in [5.74, 6) is -0.246. The van der Waals surface area contributed by atoms with Crippen LogP contribution in [0.15, 0.2) is 65.7 Å². The second-order valence-corrected chi connectivity index (χ2v) is 8.35. The highest BCUT2D eigenvalue weighted by Crippen LogP contribution is 2.27. The highest BCUT2D eigenvalue weighted by atomic mass is 19.1. The second kappa shape index (κ2) is 12.9. The number of halogens is 1. The predicted molar refractivity (Wildman–Crippen MR) is 134 cm³/mol. The number of unbranched alkanes of at least 4 members (excludes halogenated alkanes) is 3. The van der Waals surface area contributed by atoms with E-state index in [0.717, 1.165) is 54.5 Å². The molecule has 5 heteroatoms. The van der Waals surface area contributed by atoms with E-state index in [9.17, 15) is 9.18 Å². The van der Waals surface area contributed by atoms with Crippen molar-refractivity contribution < 1.29 is 9.13 Å². The summed E-state index contributed by atoms with van der Waals surface area (Å²) in [6, 6.07) is 12.9. The molecule has 2 aromatic carbocycles. The summed E-state index contributed by atoms with van der Waals surface area (Å²) in [7, 11) is 0. The van der Waals surface area contributed by atoms with Gasteiger partial charge < -0.3 is 9.72 Å². The molecule has 0 fully saturated rings. The van der Waals surface area contributed by atoms with Crippen LogP contribution >= 0.6 is 0 Å². The highest BCUT2D eigenvalue weighted by Gasteiger charge is 2.07. The summed E-state index contributed by atoms with van der Waals surface area (Å²) in [5, 5.41) is 0. The molecule has 3 rings (SSSR count). The Kier molecular flexibility index (Phi) is 9.58. The van der Waals surface area contributed by atoms with Crippen LogP contribution < -0.4 is 5.69 Å². The van der Waals surface area contributed by atoms with Crippen LogP contribution in [-0.2, 0) is 4.74 Å². The smallest absolute Gasteiger partial charge is 0.344 e. The van der Waals surface area contributed by atoms with E-state index in [1.54, 1.807) is 12.3 Å². The van der Waals surface area contributed by atoms with Crippen LogP contribution in [0.1, 0.15) is 57.9 Å². The molecule has 0 saturated carbocycles. The third-order valence-electron chi connectivity index (χ3n) is 5.64. The summed E-state index contributed by atoms with van der Waals surface area (Å²) < 4.78 is 20.6. The average molecular weight is 449 g/mol. The van der Waals surface area contributed by atoms with Crippen molar-refractivity contribution in [1.82, 2.24) is 9.97 Å². The van der Waals surface area contributed by atoms with Crippen molar-refractivity contribution in [3.05, 3.63) is 82.8 Å². The van der Waals surface area contributed by atoms with Crippen molar-refractivity contribution in [2.75, 3.05) is 6.61 Å². The number of H-pyrrole nitrogens is 1. The van der Waals surface area contributed by atoms with Gasteiger partial charge in [0.2, 0.25) is 0 Å². The summed E-state index contributed by atoms with van der Waals surface area (Å²) in [6.07, 6.45) is 14.1. The first-order valence-electron chi connectivity index (χ1n) is 11.8. The molecule has 0 saturated heterocycles. The van der Waals surface area contributed by atoms with Gasteiger partial charge in [0.15, 0.2) is 0 Å². The topological polar surface area (TPSA) is 55.0 Å². The zero-order valence-corrected chi connectivity index (χ0v) is 19.5. The molecule has 33 heavy (non-hydrogen) atoms. The van der Waals surface area contributed by atoms with Gasteiger partial charge in [-0.2, -0.15) is 0 Å². The lowest BCUT2D eigenvalue weighted by Gasteiger charge is -2.12. The van der Waals surface area contributed by atoms with Gasteiger partial charge in [-0.05, 0) is 55.4 Å². The van der Waals surface area contributed by atoms with Crippen molar-refractivity contribution in [3.8, 4) is 22.3 Å². The molecule has 1 heterocycles. The summed E-state index contributed by atoms with van der Waals surface area (Å²) in [5.41, 5.74) is 3.55. The molecule has 0 bridgehead atoms. The van der Waals surface area contributed by atoms with E-state index in [1.807, 2.05) is 42.5 Å². The minimum atomic E-state index is -0.382. The Hall–Kier alpha value is -3.05. The van der Waals surface area contributed by atoms with Crippen LogP contribution in [0.25, 0.3) is 28.3 Å². The molecule has 1 aromatic heterocycles. The maximum absolute atomic E-state index is 14.8. The Bertz CT molecular complexity index is 1070. The molecule has 0 aliphatic carbocycles. The first-order chi connectivity index (χ1) is 16.1. The third kappa shape index (κ3) is 7.79. The van der Waals surface area contributed by atoms with Gasteiger partial charge in [-0.3, -0.25) is 0 Å². The minimum absolute atomic E-state index is 0.246. The molecule has 0 aliphatic rings. The number of benzene rings is 2. The fourth-order valence-electron chi connectivity index (χ4n) is 3.67. The van der Waals surface area contributed by atoms with Crippen LogP contribution in [0.4, 0.5) is 4.39 Å². The van der Waals surface area contributed by atoms with Gasteiger partial charge in [-0.25, -0.2) is 14.2 Å². The van der Waals surface area contributed by atoms with Crippen LogP contribution in [-0.4, -0.2) is 22.7 Å². The molecule has 174 valence electrons. The molecule has 4 nitrogen and oxygen atoms in total. The molecule has 0 radical (unpaired) electrons. The SMILES string of the molecule is CCCCCOC(C)CCC/C=C/c1ccc(-c2ccc(-c3cnc(=O)[nH]c3)cc2)c(F)c1. The number of nitrogens with one attached hydrogen (secondary N) is 1. The summed E-state index contributed by atoms with van der Waals surface area (Å²) in [4.78, 5) is 17.4. The Balaban J connectivity index is 1.51. The molecule has 0 spiro atoms. The molecule has 0 amide bonds. The number of ether oxygens (including phenoxy) is 1. The van der Waals surface area contributed by atoms with Crippen LogP contribution in [0.2, 0.25) is 0 Å². The number of hydrogen-bond donors (Lipinski definition) is 1. The Morgan fingerprint density at radius 1 is 1.06 bits per heavy atom. The molecular formula is C28H33FN2O2. The number of nitrogens with zero attached hydrogens (tertiary/aromatic N) is 1. The van der Waals surface area contributed by atoms with Gasteiger partial charge in [-0.1, -0.05) is 68.3 Å². The van der Waals surface area contributed by atoms with E-state index in [1.165, 1.54) is 19.0 Å². The zero-order chi connectivity index (χ0) is 23.5. The number of aromatic nitrogens is 2. The first-order valence-corrected chi connectivity index (χ1v) is 11.8. The second-order valence-electron chi connectivity index (χ2n) is 8.35. The molecule has 1 unspecified atom stereocenters. The van der Waals surface area contributed by atoms with E-state index < -0.39 is 0 Å². The van der Waals surface area contributed by atoms with E-state index in [0.29, 0.717) is 11.7 Å². The Labute approximate surface area is 195 Å². The number of rotatable bonds is 12. The van der Waals surface area contributed by atoms with Gasteiger partial charge in [0.1, 0.15) is 5.82 Å². The summed E-state index contributed by atoms with van der Waals surface area (Å²) in [6.45, 7) is 5.18. The van der Waals surface area contributed by atoms with Gasteiger partial charge in [0.05, 0.1) is 6.10 Å². The quantitative estimate of drug-likeness (QED) is 0.303. The Morgan fingerprint density at radius 2 is 1.85 bits per heavy atom. The fraction of sp³-hybridized carbons (Fsp3) is 0.357. The van der Waals surface area contributed by atoms with Gasteiger partial charge in [0, 0.05) is 30.1 Å². The fourth-order valence-corrected chi connectivity index (χ4v) is 3.67. The predicted octanol–water partition coefficient (Wildman–Crippen LogP) is 7.02. The lowest BCUT2D eigenvalue weighted by molar-refractivity contribution is 0.0566. The van der Waals surface area contributed by atoms with E-state index in [4.69, 9.17) is 4.74 Å². The van der Waals surface area contributed by atoms with E-state index in [2.05, 4.69) is 29.9 Å². The largest absolute Gasteiger partial charge is 0.379 e. The normalized spacial score (nSPS) is 12.3. The monoisotopic (exact) mass is 448 g/mol. The number of aromatic amines is 1. The lowest BCUT2D eigenvalue weighted by atomic mass is 10.00. The van der Waals surface area contributed by atoms with E-state index >= 15 is 0 Å². The van der Waals surface area contributed by atoms with Crippen molar-refractivity contribution in [1.29, 1.82) is 0 Å². The molecular weight excluding hydrogens is 415 g/mol.